The van der Waals surface area contributed by atoms with E-state index in [0.717, 1.165) is 0 Å². The minimum Gasteiger partial charge on any atom is -0.166 e. The standard InChI is InChI=1S/C8H2Cl4F3/c9-5-3(7(11)12)1-2-4(6(5)10)8(13,14)15/h2,7H. The molecule has 1 rings (SSSR count). The van der Waals surface area contributed by atoms with Crippen LogP contribution in [0.2, 0.25) is 10.0 Å². The van der Waals surface area contributed by atoms with Gasteiger partial charge in [-0.1, -0.05) is 46.4 Å². The summed E-state index contributed by atoms with van der Waals surface area (Å²) in [6.07, 6.45) is -4.58. The summed E-state index contributed by atoms with van der Waals surface area (Å²) < 4.78 is 37.0. The van der Waals surface area contributed by atoms with Gasteiger partial charge in [0.15, 0.2) is 0 Å². The molecule has 1 aromatic rings. The van der Waals surface area contributed by atoms with Crippen molar-refractivity contribution in [3.63, 3.8) is 0 Å². The van der Waals surface area contributed by atoms with Crippen molar-refractivity contribution in [2.24, 2.45) is 0 Å². The molecule has 0 heterocycles. The van der Waals surface area contributed by atoms with Crippen LogP contribution in [0, 0.1) is 6.07 Å². The van der Waals surface area contributed by atoms with Crippen LogP contribution < -0.4 is 0 Å². The van der Waals surface area contributed by atoms with E-state index in [4.69, 9.17) is 46.4 Å². The summed E-state index contributed by atoms with van der Waals surface area (Å²) in [6, 6.07) is 2.92. The van der Waals surface area contributed by atoms with Crippen molar-refractivity contribution in [3.05, 3.63) is 33.3 Å². The molecule has 0 N–H and O–H groups in total. The van der Waals surface area contributed by atoms with Crippen molar-refractivity contribution in [2.75, 3.05) is 0 Å². The Bertz CT molecular complexity index is 373. The van der Waals surface area contributed by atoms with E-state index in [2.05, 4.69) is 6.07 Å². The fourth-order valence-electron chi connectivity index (χ4n) is 0.878. The fourth-order valence-corrected chi connectivity index (χ4v) is 1.86. The molecular weight excluding hydrogens is 295 g/mol. The van der Waals surface area contributed by atoms with E-state index in [1.54, 1.807) is 0 Å². The van der Waals surface area contributed by atoms with Gasteiger partial charge in [0, 0.05) is 5.56 Å². The van der Waals surface area contributed by atoms with Crippen LogP contribution in [0.5, 0.6) is 0 Å². The average Bonchev–Trinajstić information content (AvgIpc) is 2.06. The lowest BCUT2D eigenvalue weighted by Gasteiger charge is -2.12. The SMILES string of the molecule is FC(F)(F)c1c[c]c(C(Cl)Cl)c(Cl)c1Cl. The second-order valence-electron chi connectivity index (χ2n) is 2.54. The summed E-state index contributed by atoms with van der Waals surface area (Å²) >= 11 is 21.9. The van der Waals surface area contributed by atoms with Crippen LogP contribution in [0.4, 0.5) is 13.2 Å². The van der Waals surface area contributed by atoms with Gasteiger partial charge in [-0.3, -0.25) is 0 Å². The molecule has 0 aliphatic carbocycles. The Morgan fingerprint density at radius 2 is 1.67 bits per heavy atom. The maximum atomic E-state index is 12.3. The predicted molar refractivity (Wildman–Crippen MR) is 54.7 cm³/mol. The van der Waals surface area contributed by atoms with Gasteiger partial charge in [0.1, 0.15) is 4.84 Å². The van der Waals surface area contributed by atoms with Gasteiger partial charge in [0.2, 0.25) is 0 Å². The van der Waals surface area contributed by atoms with Crippen LogP contribution in [0.15, 0.2) is 6.07 Å². The zero-order chi connectivity index (χ0) is 11.8. The molecule has 0 aromatic heterocycles. The number of hydrogen-bond donors (Lipinski definition) is 0. The molecule has 1 radical (unpaired) electrons. The van der Waals surface area contributed by atoms with E-state index in [1.165, 1.54) is 0 Å². The molecule has 15 heavy (non-hydrogen) atoms. The highest BCUT2D eigenvalue weighted by atomic mass is 35.5. The Balaban J connectivity index is 3.34. The average molecular weight is 297 g/mol. The third kappa shape index (κ3) is 2.84. The van der Waals surface area contributed by atoms with E-state index in [9.17, 15) is 13.2 Å². The molecule has 83 valence electrons. The van der Waals surface area contributed by atoms with Gasteiger partial charge in [-0.2, -0.15) is 13.2 Å². The van der Waals surface area contributed by atoms with Gasteiger partial charge in [0.05, 0.1) is 15.6 Å². The van der Waals surface area contributed by atoms with E-state index in [0.29, 0.717) is 6.07 Å². The maximum Gasteiger partial charge on any atom is 0.417 e. The van der Waals surface area contributed by atoms with E-state index >= 15 is 0 Å². The number of alkyl halides is 5. The largest absolute Gasteiger partial charge is 0.417 e. The number of benzene rings is 1. The Hall–Kier alpha value is 0.170. The molecule has 0 amide bonds. The third-order valence-corrected chi connectivity index (χ3v) is 2.88. The molecule has 0 aliphatic heterocycles. The van der Waals surface area contributed by atoms with E-state index in [-0.39, 0.29) is 10.6 Å². The molecule has 1 aromatic carbocycles. The highest BCUT2D eigenvalue weighted by Crippen LogP contribution is 2.42. The molecular formula is C8H2Cl4F3. The van der Waals surface area contributed by atoms with Gasteiger partial charge in [0.25, 0.3) is 0 Å². The van der Waals surface area contributed by atoms with Crippen LogP contribution in [-0.4, -0.2) is 0 Å². The molecule has 7 heteroatoms. The zero-order valence-corrected chi connectivity index (χ0v) is 9.82. The molecule has 0 spiro atoms. The van der Waals surface area contributed by atoms with E-state index < -0.39 is 21.6 Å². The van der Waals surface area contributed by atoms with Crippen LogP contribution in [0.25, 0.3) is 0 Å². The van der Waals surface area contributed by atoms with Crippen LogP contribution in [-0.2, 0) is 6.18 Å². The summed E-state index contributed by atoms with van der Waals surface area (Å²) in [4.78, 5) is -1.07. The van der Waals surface area contributed by atoms with Crippen LogP contribution in [0.3, 0.4) is 0 Å². The summed E-state index contributed by atoms with van der Waals surface area (Å²) in [5.74, 6) is 0. The molecule has 0 nitrogen and oxygen atoms in total. The zero-order valence-electron chi connectivity index (χ0n) is 6.80. The lowest BCUT2D eigenvalue weighted by atomic mass is 10.1. The molecule has 0 fully saturated rings. The van der Waals surface area contributed by atoms with Crippen molar-refractivity contribution in [1.82, 2.24) is 0 Å². The minimum atomic E-state index is -4.58. The van der Waals surface area contributed by atoms with Gasteiger partial charge in [-0.05, 0) is 12.1 Å². The van der Waals surface area contributed by atoms with Crippen LogP contribution >= 0.6 is 46.4 Å². The molecule has 0 saturated heterocycles. The molecule has 0 unspecified atom stereocenters. The highest BCUT2D eigenvalue weighted by molar-refractivity contribution is 6.47. The summed E-state index contributed by atoms with van der Waals surface area (Å²) in [5.41, 5.74) is -1.04. The van der Waals surface area contributed by atoms with Crippen molar-refractivity contribution < 1.29 is 13.2 Å². The quantitative estimate of drug-likeness (QED) is 0.618. The molecule has 0 saturated carbocycles. The lowest BCUT2D eigenvalue weighted by Crippen LogP contribution is -2.06. The Kier molecular flexibility index (Phi) is 4.04. The van der Waals surface area contributed by atoms with Crippen molar-refractivity contribution >= 4 is 46.4 Å². The highest BCUT2D eigenvalue weighted by Gasteiger charge is 2.34. The van der Waals surface area contributed by atoms with Gasteiger partial charge in [-0.15, -0.1) is 0 Å². The van der Waals surface area contributed by atoms with Crippen molar-refractivity contribution in [3.8, 4) is 0 Å². The first-order chi connectivity index (χ1) is 6.75. The monoisotopic (exact) mass is 295 g/mol. The van der Waals surface area contributed by atoms with E-state index in [1.807, 2.05) is 0 Å². The molecule has 0 bridgehead atoms. The first kappa shape index (κ1) is 13.2. The number of hydrogen-bond acceptors (Lipinski definition) is 0. The minimum absolute atomic E-state index is 0.0259. The second-order valence-corrected chi connectivity index (χ2v) is 4.39. The van der Waals surface area contributed by atoms with Gasteiger partial charge in [-0.25, -0.2) is 0 Å². The number of halogens is 7. The summed E-state index contributed by atoms with van der Waals surface area (Å²) in [6.45, 7) is 0. The first-order valence-corrected chi connectivity index (χ1v) is 5.13. The smallest absolute Gasteiger partial charge is 0.166 e. The van der Waals surface area contributed by atoms with Gasteiger partial charge >= 0.3 is 6.18 Å². The van der Waals surface area contributed by atoms with Crippen LogP contribution in [0.1, 0.15) is 16.0 Å². The lowest BCUT2D eigenvalue weighted by molar-refractivity contribution is -0.137. The first-order valence-electron chi connectivity index (χ1n) is 3.50. The Labute approximate surface area is 104 Å². The fraction of sp³-hybridized carbons (Fsp3) is 0.250. The summed E-state index contributed by atoms with van der Waals surface area (Å²) in [5, 5.41) is -0.953. The number of rotatable bonds is 1. The second kappa shape index (κ2) is 4.58. The summed E-state index contributed by atoms with van der Waals surface area (Å²) in [7, 11) is 0. The van der Waals surface area contributed by atoms with Gasteiger partial charge < -0.3 is 0 Å². The predicted octanol–water partition coefficient (Wildman–Crippen LogP) is 5.29. The Morgan fingerprint density at radius 3 is 2.07 bits per heavy atom. The maximum absolute atomic E-state index is 12.3. The third-order valence-electron chi connectivity index (χ3n) is 1.56. The normalized spacial score (nSPS) is 12.3. The molecule has 0 aliphatic rings. The topological polar surface area (TPSA) is 0 Å². The Morgan fingerprint density at radius 1 is 1.13 bits per heavy atom. The van der Waals surface area contributed by atoms with Crippen molar-refractivity contribution in [1.29, 1.82) is 0 Å². The van der Waals surface area contributed by atoms with Crippen molar-refractivity contribution in [2.45, 2.75) is 11.0 Å². The molecule has 0 atom stereocenters.